The summed E-state index contributed by atoms with van der Waals surface area (Å²) in [5.74, 6) is 1.14. The maximum Gasteiger partial charge on any atom is 0.258 e. The highest BCUT2D eigenvalue weighted by Crippen LogP contribution is 2.23. The van der Waals surface area contributed by atoms with Gasteiger partial charge in [0.2, 0.25) is 0 Å². The molecule has 0 aliphatic rings. The number of likely N-dealkylation sites (N-methyl/N-ethyl adjacent to an activating group) is 1. The maximum absolute atomic E-state index is 11.8. The average Bonchev–Trinajstić information content (AvgIpc) is 2.65. The van der Waals surface area contributed by atoms with Crippen molar-refractivity contribution in [3.63, 3.8) is 0 Å². The highest BCUT2D eigenvalue weighted by Gasteiger charge is 2.07. The van der Waals surface area contributed by atoms with Crippen LogP contribution in [0, 0.1) is 0 Å². The standard InChI is InChI=1S/C23H34ClN3O3/c1-7-9-21(26-22(24)14-18(4)29-13-12-27(5)6)19-10-8-11-20(15-19)30-16-23(28)25-17(2)3/h8-11,14-15,17H,7,12-13,16H2,1-6H3,(H,25,28)/b18-14+,21-9+,26-22-. The second kappa shape index (κ2) is 13.8. The van der Waals surface area contributed by atoms with Crippen LogP contribution in [0.3, 0.4) is 0 Å². The molecule has 0 atom stereocenters. The van der Waals surface area contributed by atoms with Crippen LogP contribution in [0.25, 0.3) is 5.70 Å². The molecule has 30 heavy (non-hydrogen) atoms. The number of ether oxygens (including phenoxy) is 2. The summed E-state index contributed by atoms with van der Waals surface area (Å²) in [7, 11) is 3.99. The molecule has 1 aromatic carbocycles. The molecule has 1 aromatic rings. The largest absolute Gasteiger partial charge is 0.497 e. The zero-order valence-corrected chi connectivity index (χ0v) is 19.6. The van der Waals surface area contributed by atoms with Crippen LogP contribution in [0.15, 0.2) is 47.2 Å². The van der Waals surface area contributed by atoms with Gasteiger partial charge >= 0.3 is 0 Å². The summed E-state index contributed by atoms with van der Waals surface area (Å²) in [6, 6.07) is 7.53. The Labute approximate surface area is 185 Å². The highest BCUT2D eigenvalue weighted by atomic mass is 35.5. The molecule has 0 aromatic heterocycles. The Kier molecular flexibility index (Phi) is 11.9. The van der Waals surface area contributed by atoms with Gasteiger partial charge in [0.25, 0.3) is 5.91 Å². The first kappa shape index (κ1) is 25.7. The molecule has 1 rings (SSSR count). The Morgan fingerprint density at radius 2 is 2.07 bits per heavy atom. The van der Waals surface area contributed by atoms with Crippen LogP contribution in [0.1, 0.15) is 39.7 Å². The molecule has 0 radical (unpaired) electrons. The number of hydrogen-bond acceptors (Lipinski definition) is 5. The van der Waals surface area contributed by atoms with E-state index < -0.39 is 0 Å². The van der Waals surface area contributed by atoms with Crippen LogP contribution in [0.5, 0.6) is 5.75 Å². The van der Waals surface area contributed by atoms with Gasteiger partial charge in [0, 0.05) is 24.2 Å². The quantitative estimate of drug-likeness (QED) is 0.389. The Hall–Kier alpha value is -2.31. The van der Waals surface area contributed by atoms with Crippen molar-refractivity contribution in [2.45, 2.75) is 40.2 Å². The minimum atomic E-state index is -0.157. The number of halogens is 1. The minimum Gasteiger partial charge on any atom is -0.497 e. The number of amides is 1. The summed E-state index contributed by atoms with van der Waals surface area (Å²) in [5.41, 5.74) is 1.59. The average molecular weight is 436 g/mol. The molecule has 0 aliphatic carbocycles. The molecule has 6 nitrogen and oxygen atoms in total. The SMILES string of the molecule is CC/C=C(/N=C(Cl)/C=C(\C)OCCN(C)C)c1cccc(OCC(=O)NC(C)C)c1. The van der Waals surface area contributed by atoms with E-state index in [1.807, 2.05) is 77.0 Å². The summed E-state index contributed by atoms with van der Waals surface area (Å²) in [6.45, 7) is 9.07. The van der Waals surface area contributed by atoms with Crippen LogP contribution in [0.4, 0.5) is 0 Å². The fraction of sp³-hybridized carbons (Fsp3) is 0.478. The summed E-state index contributed by atoms with van der Waals surface area (Å²) in [5, 5.41) is 3.13. The van der Waals surface area contributed by atoms with E-state index in [2.05, 4.69) is 10.3 Å². The lowest BCUT2D eigenvalue weighted by molar-refractivity contribution is -0.123. The van der Waals surface area contributed by atoms with Crippen molar-refractivity contribution in [3.05, 3.63) is 47.7 Å². The zero-order chi connectivity index (χ0) is 22.5. The van der Waals surface area contributed by atoms with Gasteiger partial charge in [-0.05, 0) is 53.4 Å². The third-order valence-corrected chi connectivity index (χ3v) is 3.96. The van der Waals surface area contributed by atoms with Crippen LogP contribution >= 0.6 is 11.6 Å². The van der Waals surface area contributed by atoms with Crippen LogP contribution < -0.4 is 10.1 Å². The van der Waals surface area contributed by atoms with E-state index in [0.717, 1.165) is 24.2 Å². The number of hydrogen-bond donors (Lipinski definition) is 1. The van der Waals surface area contributed by atoms with E-state index in [1.54, 1.807) is 6.08 Å². The summed E-state index contributed by atoms with van der Waals surface area (Å²) >= 11 is 6.35. The molecular weight excluding hydrogens is 402 g/mol. The summed E-state index contributed by atoms with van der Waals surface area (Å²) in [6.07, 6.45) is 4.49. The Balaban J connectivity index is 2.88. The first-order valence-corrected chi connectivity index (χ1v) is 10.5. The molecule has 0 fully saturated rings. The van der Waals surface area contributed by atoms with Crippen molar-refractivity contribution in [2.24, 2.45) is 4.99 Å². The molecule has 166 valence electrons. The van der Waals surface area contributed by atoms with E-state index >= 15 is 0 Å². The monoisotopic (exact) mass is 435 g/mol. The molecular formula is C23H34ClN3O3. The lowest BCUT2D eigenvalue weighted by Crippen LogP contribution is -2.34. The molecule has 0 saturated carbocycles. The van der Waals surface area contributed by atoms with Gasteiger partial charge in [0.1, 0.15) is 17.5 Å². The number of nitrogens with zero attached hydrogens (tertiary/aromatic N) is 2. The molecule has 0 saturated heterocycles. The molecule has 0 bridgehead atoms. The fourth-order valence-electron chi connectivity index (χ4n) is 2.43. The van der Waals surface area contributed by atoms with Gasteiger partial charge < -0.3 is 19.7 Å². The third-order valence-electron chi connectivity index (χ3n) is 3.76. The second-order valence-electron chi connectivity index (χ2n) is 7.38. The molecule has 1 N–H and O–H groups in total. The normalized spacial score (nSPS) is 13.0. The van der Waals surface area contributed by atoms with Crippen molar-refractivity contribution in [3.8, 4) is 5.75 Å². The molecule has 7 heteroatoms. The molecule has 1 amide bonds. The topological polar surface area (TPSA) is 63.2 Å². The minimum absolute atomic E-state index is 0.0370. The summed E-state index contributed by atoms with van der Waals surface area (Å²) in [4.78, 5) is 18.4. The number of carbonyl (C=O) groups excluding carboxylic acids is 1. The van der Waals surface area contributed by atoms with Crippen molar-refractivity contribution in [2.75, 3.05) is 33.9 Å². The molecule has 0 heterocycles. The predicted molar refractivity (Wildman–Crippen MR) is 125 cm³/mol. The molecule has 0 spiro atoms. The first-order valence-electron chi connectivity index (χ1n) is 10.1. The van der Waals surface area contributed by atoms with Crippen LogP contribution in [-0.4, -0.2) is 55.9 Å². The van der Waals surface area contributed by atoms with Gasteiger partial charge in [-0.2, -0.15) is 0 Å². The van der Waals surface area contributed by atoms with E-state index in [9.17, 15) is 4.79 Å². The van der Waals surface area contributed by atoms with E-state index in [-0.39, 0.29) is 18.6 Å². The van der Waals surface area contributed by atoms with Crippen molar-refractivity contribution >= 4 is 28.4 Å². The van der Waals surface area contributed by atoms with E-state index in [1.165, 1.54) is 0 Å². The number of rotatable bonds is 12. The van der Waals surface area contributed by atoms with Gasteiger partial charge in [-0.1, -0.05) is 36.7 Å². The third kappa shape index (κ3) is 11.0. The number of benzene rings is 1. The van der Waals surface area contributed by atoms with Gasteiger partial charge in [0.15, 0.2) is 6.61 Å². The number of nitrogens with one attached hydrogen (secondary N) is 1. The van der Waals surface area contributed by atoms with Gasteiger partial charge in [-0.15, -0.1) is 0 Å². The van der Waals surface area contributed by atoms with Gasteiger partial charge in [0.05, 0.1) is 11.5 Å². The maximum atomic E-state index is 11.8. The molecule has 0 aliphatic heterocycles. The van der Waals surface area contributed by atoms with E-state index in [0.29, 0.717) is 23.3 Å². The zero-order valence-electron chi connectivity index (χ0n) is 18.9. The van der Waals surface area contributed by atoms with E-state index in [4.69, 9.17) is 21.1 Å². The Morgan fingerprint density at radius 3 is 2.70 bits per heavy atom. The lowest BCUT2D eigenvalue weighted by atomic mass is 10.1. The predicted octanol–water partition coefficient (Wildman–Crippen LogP) is 4.46. The van der Waals surface area contributed by atoms with Crippen molar-refractivity contribution in [1.29, 1.82) is 0 Å². The lowest BCUT2D eigenvalue weighted by Gasteiger charge is -2.11. The summed E-state index contributed by atoms with van der Waals surface area (Å²) < 4.78 is 11.3. The number of carbonyl (C=O) groups is 1. The number of allylic oxidation sites excluding steroid dienone is 3. The molecule has 0 unspecified atom stereocenters. The smallest absolute Gasteiger partial charge is 0.258 e. The van der Waals surface area contributed by atoms with Crippen molar-refractivity contribution < 1.29 is 14.3 Å². The highest BCUT2D eigenvalue weighted by molar-refractivity contribution is 6.68. The second-order valence-corrected chi connectivity index (χ2v) is 7.76. The van der Waals surface area contributed by atoms with Crippen LogP contribution in [-0.2, 0) is 9.53 Å². The number of aliphatic imine (C=N–C) groups is 1. The Bertz CT molecular complexity index is 771. The fourth-order valence-corrected chi connectivity index (χ4v) is 2.67. The van der Waals surface area contributed by atoms with Gasteiger partial charge in [-0.3, -0.25) is 4.79 Å². The van der Waals surface area contributed by atoms with Gasteiger partial charge in [-0.25, -0.2) is 4.99 Å². The van der Waals surface area contributed by atoms with Crippen molar-refractivity contribution in [1.82, 2.24) is 10.2 Å². The van der Waals surface area contributed by atoms with Crippen LogP contribution in [0.2, 0.25) is 0 Å². The Morgan fingerprint density at radius 1 is 1.33 bits per heavy atom. The first-order chi connectivity index (χ1) is 14.2.